The number of hydrogen-bond acceptors (Lipinski definition) is 8. The van der Waals surface area contributed by atoms with Crippen LogP contribution in [-0.2, 0) is 27.1 Å². The minimum Gasteiger partial charge on any atom is -0.474 e. The van der Waals surface area contributed by atoms with Gasteiger partial charge in [0.15, 0.2) is 0 Å². The molecule has 44 heavy (non-hydrogen) atoms. The first-order valence-corrected chi connectivity index (χ1v) is 15.9. The molecule has 0 saturated heterocycles. The van der Waals surface area contributed by atoms with Crippen molar-refractivity contribution >= 4 is 55.7 Å². The molecule has 0 aliphatic carbocycles. The van der Waals surface area contributed by atoms with Crippen molar-refractivity contribution in [2.75, 3.05) is 30.4 Å². The van der Waals surface area contributed by atoms with Crippen LogP contribution in [0.15, 0.2) is 42.7 Å². The van der Waals surface area contributed by atoms with Gasteiger partial charge in [0.05, 0.1) is 17.3 Å². The van der Waals surface area contributed by atoms with Crippen LogP contribution in [0.5, 0.6) is 5.88 Å². The van der Waals surface area contributed by atoms with Crippen LogP contribution in [0.25, 0.3) is 21.9 Å². The molecular weight excluding hydrogens is 609 g/mol. The number of pyridine rings is 2. The Labute approximate surface area is 259 Å². The van der Waals surface area contributed by atoms with E-state index in [-0.39, 0.29) is 41.9 Å². The van der Waals surface area contributed by atoms with E-state index in [0.717, 1.165) is 16.8 Å². The maximum absolute atomic E-state index is 15.8. The van der Waals surface area contributed by atoms with Gasteiger partial charge in [-0.05, 0) is 74.0 Å². The number of anilines is 3. The average Bonchev–Trinajstić information content (AvgIpc) is 2.95. The Morgan fingerprint density at radius 1 is 1.11 bits per heavy atom. The van der Waals surface area contributed by atoms with Crippen LogP contribution in [0.1, 0.15) is 37.5 Å². The normalized spacial score (nSPS) is 16.2. The minimum atomic E-state index is -3.31. The Hall–Kier alpha value is -4.00. The third-order valence-corrected chi connectivity index (χ3v) is 9.71. The van der Waals surface area contributed by atoms with E-state index >= 15 is 4.39 Å². The molecule has 2 aromatic heterocycles. The number of ether oxygens (including phenoxy) is 2. The third kappa shape index (κ3) is 5.53. The van der Waals surface area contributed by atoms with Crippen LogP contribution in [0, 0.1) is 12.7 Å². The van der Waals surface area contributed by atoms with Crippen molar-refractivity contribution in [2.24, 2.45) is 0 Å². The zero-order valence-electron chi connectivity index (χ0n) is 24.9. The van der Waals surface area contributed by atoms with Crippen LogP contribution in [0.3, 0.4) is 0 Å². The number of nitrogens with zero attached hydrogens (tertiary/aromatic N) is 4. The molecule has 4 aromatic rings. The number of hydrogen-bond donors (Lipinski definition) is 1. The minimum absolute atomic E-state index is 0.0429. The summed E-state index contributed by atoms with van der Waals surface area (Å²) in [6.07, 6.45) is 2.47. The topological polar surface area (TPSA) is 114 Å². The molecule has 0 atom stereocenters. The maximum atomic E-state index is 15.8. The lowest BCUT2D eigenvalue weighted by atomic mass is 9.97. The van der Waals surface area contributed by atoms with Gasteiger partial charge in [0.2, 0.25) is 15.9 Å². The van der Waals surface area contributed by atoms with Crippen molar-refractivity contribution in [1.29, 1.82) is 0 Å². The van der Waals surface area contributed by atoms with Gasteiger partial charge in [-0.15, -0.1) is 0 Å². The molecule has 0 radical (unpaired) electrons. The number of halogens is 2. The Morgan fingerprint density at radius 3 is 2.64 bits per heavy atom. The van der Waals surface area contributed by atoms with Crippen LogP contribution >= 0.6 is 11.6 Å². The van der Waals surface area contributed by atoms with Crippen molar-refractivity contribution in [3.8, 4) is 17.0 Å². The predicted octanol–water partition coefficient (Wildman–Crippen LogP) is 6.55. The van der Waals surface area contributed by atoms with Gasteiger partial charge in [0, 0.05) is 48.2 Å². The highest BCUT2D eigenvalue weighted by atomic mass is 35.5. The highest BCUT2D eigenvalue weighted by Crippen LogP contribution is 2.42. The number of carbonyl (C=O) groups excluding carboxylic acids is 1. The van der Waals surface area contributed by atoms with Gasteiger partial charge in [-0.3, -0.25) is 4.90 Å². The average molecular weight is 640 g/mol. The van der Waals surface area contributed by atoms with Gasteiger partial charge in [-0.2, -0.15) is 0 Å². The van der Waals surface area contributed by atoms with Gasteiger partial charge in [-0.1, -0.05) is 17.7 Å². The Kier molecular flexibility index (Phi) is 7.42. The summed E-state index contributed by atoms with van der Waals surface area (Å²) in [5, 5.41) is 4.23. The zero-order chi connectivity index (χ0) is 31.6. The van der Waals surface area contributed by atoms with E-state index in [0.29, 0.717) is 33.4 Å². The third-order valence-electron chi connectivity index (χ3n) is 7.59. The van der Waals surface area contributed by atoms with Gasteiger partial charge in [0.25, 0.3) is 0 Å². The number of aromatic nitrogens is 2. The Bertz CT molecular complexity index is 1950. The monoisotopic (exact) mass is 639 g/mol. The molecule has 4 heterocycles. The summed E-state index contributed by atoms with van der Waals surface area (Å²) in [5.74, 6) is 0.0763. The number of carbonyl (C=O) groups is 1. The summed E-state index contributed by atoms with van der Waals surface area (Å²) in [7, 11) is -1.75. The second-order valence-corrected chi connectivity index (χ2v) is 14.3. The predicted molar refractivity (Wildman–Crippen MR) is 168 cm³/mol. The number of benzene rings is 2. The largest absolute Gasteiger partial charge is 0.474 e. The van der Waals surface area contributed by atoms with Crippen LogP contribution < -0.4 is 15.0 Å². The van der Waals surface area contributed by atoms with Crippen molar-refractivity contribution in [3.63, 3.8) is 0 Å². The van der Waals surface area contributed by atoms with Gasteiger partial charge >= 0.3 is 6.09 Å². The fraction of sp³-hybridized carbons (Fsp3) is 0.323. The molecule has 0 fully saturated rings. The summed E-state index contributed by atoms with van der Waals surface area (Å²) < 4.78 is 53.0. The SMILES string of the molecule is Cc1c(-c2cc3cc(Nc4ccc5c(c4)CN(C)S(=O)(=O)C5)ncc3c(Cl)c2F)cnc2c1N(C(=O)OC(C)(C)C)CCO2. The summed E-state index contributed by atoms with van der Waals surface area (Å²) in [4.78, 5) is 23.4. The molecule has 2 aliphatic rings. The molecule has 6 rings (SSSR count). The summed E-state index contributed by atoms with van der Waals surface area (Å²) in [5.41, 5.74) is 3.35. The van der Waals surface area contributed by atoms with E-state index in [2.05, 4.69) is 15.3 Å². The molecule has 0 spiro atoms. The number of sulfonamides is 1. The van der Waals surface area contributed by atoms with Crippen LogP contribution in [-0.4, -0.2) is 54.6 Å². The number of nitrogens with one attached hydrogen (secondary N) is 1. The molecule has 1 N–H and O–H groups in total. The molecular formula is C31H31ClFN5O5S. The summed E-state index contributed by atoms with van der Waals surface area (Å²) >= 11 is 6.54. The van der Waals surface area contributed by atoms with Crippen LogP contribution in [0.2, 0.25) is 5.02 Å². The van der Waals surface area contributed by atoms with E-state index in [4.69, 9.17) is 21.1 Å². The number of amides is 1. The number of rotatable bonds is 3. The van der Waals surface area contributed by atoms with E-state index in [1.54, 1.807) is 59.0 Å². The Balaban J connectivity index is 1.37. The molecule has 230 valence electrons. The lowest BCUT2D eigenvalue weighted by molar-refractivity contribution is 0.0566. The first-order chi connectivity index (χ1) is 20.7. The second kappa shape index (κ2) is 10.9. The van der Waals surface area contributed by atoms with E-state index in [9.17, 15) is 13.2 Å². The molecule has 0 unspecified atom stereocenters. The van der Waals surface area contributed by atoms with E-state index in [1.165, 1.54) is 21.6 Å². The fourth-order valence-corrected chi connectivity index (χ4v) is 6.88. The molecule has 0 saturated carbocycles. The van der Waals surface area contributed by atoms with Crippen LogP contribution in [0.4, 0.5) is 26.4 Å². The molecule has 0 bridgehead atoms. The second-order valence-electron chi connectivity index (χ2n) is 11.9. The molecule has 2 aromatic carbocycles. The Morgan fingerprint density at radius 2 is 1.89 bits per heavy atom. The van der Waals surface area contributed by atoms with Gasteiger partial charge < -0.3 is 14.8 Å². The van der Waals surface area contributed by atoms with Gasteiger partial charge in [-0.25, -0.2) is 31.9 Å². The quantitative estimate of drug-likeness (QED) is 0.268. The maximum Gasteiger partial charge on any atom is 0.415 e. The smallest absolute Gasteiger partial charge is 0.415 e. The lowest BCUT2D eigenvalue weighted by Crippen LogP contribution is -2.42. The molecule has 10 nitrogen and oxygen atoms in total. The van der Waals surface area contributed by atoms with Crippen molar-refractivity contribution in [2.45, 2.75) is 45.6 Å². The zero-order valence-corrected chi connectivity index (χ0v) is 26.4. The van der Waals surface area contributed by atoms with E-state index < -0.39 is 27.5 Å². The molecule has 1 amide bonds. The first kappa shape index (κ1) is 30.0. The summed E-state index contributed by atoms with van der Waals surface area (Å²) in [6.45, 7) is 7.92. The highest BCUT2D eigenvalue weighted by molar-refractivity contribution is 7.88. The fourth-order valence-electron chi connectivity index (χ4n) is 5.39. The molecule has 2 aliphatic heterocycles. The van der Waals surface area contributed by atoms with Gasteiger partial charge in [0.1, 0.15) is 29.5 Å². The summed E-state index contributed by atoms with van der Waals surface area (Å²) in [6, 6.07) is 8.93. The van der Waals surface area contributed by atoms with Crippen molar-refractivity contribution in [3.05, 3.63) is 70.3 Å². The van der Waals surface area contributed by atoms with Crippen molar-refractivity contribution in [1.82, 2.24) is 14.3 Å². The lowest BCUT2D eigenvalue weighted by Gasteiger charge is -2.32. The number of fused-ring (bicyclic) bond motifs is 3. The highest BCUT2D eigenvalue weighted by Gasteiger charge is 2.32. The standard InChI is InChI=1S/C31H31ClFN5O5S/c1-17-23(13-35-29-28(17)38(8-9-42-29)30(39)43-31(2,3)4)22-11-19-12-25(34-14-24(19)26(32)27(22)33)36-21-7-6-18-16-44(40,41)37(5)15-20(18)10-21/h6-7,10-14H,8-9,15-16H2,1-5H3,(H,34,36). The molecule has 13 heteroatoms. The van der Waals surface area contributed by atoms with E-state index in [1.807, 2.05) is 6.07 Å². The van der Waals surface area contributed by atoms with Crippen molar-refractivity contribution < 1.29 is 27.1 Å². The first-order valence-electron chi connectivity index (χ1n) is 14.0.